The number of aryl methyl sites for hydroxylation is 1. The molecule has 0 bridgehead atoms. The second kappa shape index (κ2) is 7.46. The number of carbonyl (C=O) groups excluding carboxylic acids is 1. The summed E-state index contributed by atoms with van der Waals surface area (Å²) in [4.78, 5) is 18.7. The Morgan fingerprint density at radius 1 is 1.38 bits per heavy atom. The Morgan fingerprint density at radius 2 is 2.08 bits per heavy atom. The smallest absolute Gasteiger partial charge is 0.256 e. The van der Waals surface area contributed by atoms with Crippen molar-refractivity contribution in [2.45, 2.75) is 6.04 Å². The SMILES string of the molecule is Cl.Cn1ccnc1C1CNCCN1C(=O)c1cc(F)c(F)cc1Cl. The minimum Gasteiger partial charge on any atom is -0.336 e. The minimum atomic E-state index is -1.10. The molecule has 0 saturated carbocycles. The van der Waals surface area contributed by atoms with Gasteiger partial charge in [-0.2, -0.15) is 0 Å². The number of aromatic nitrogens is 2. The van der Waals surface area contributed by atoms with Crippen molar-refractivity contribution in [3.8, 4) is 0 Å². The van der Waals surface area contributed by atoms with Gasteiger partial charge in [0, 0.05) is 39.1 Å². The van der Waals surface area contributed by atoms with Crippen LogP contribution in [0.2, 0.25) is 5.02 Å². The molecule has 0 radical (unpaired) electrons. The first-order chi connectivity index (χ1) is 11.0. The van der Waals surface area contributed by atoms with Crippen LogP contribution in [0, 0.1) is 11.6 Å². The van der Waals surface area contributed by atoms with Gasteiger partial charge < -0.3 is 14.8 Å². The zero-order valence-corrected chi connectivity index (χ0v) is 14.4. The van der Waals surface area contributed by atoms with Gasteiger partial charge in [0.15, 0.2) is 11.6 Å². The van der Waals surface area contributed by atoms with E-state index in [2.05, 4.69) is 10.3 Å². The summed E-state index contributed by atoms with van der Waals surface area (Å²) in [6.45, 7) is 1.55. The van der Waals surface area contributed by atoms with Crippen LogP contribution < -0.4 is 5.32 Å². The number of carbonyl (C=O) groups is 1. The standard InChI is InChI=1S/C15H15ClF2N4O.ClH/c1-21-4-3-20-14(21)13-8-19-2-5-22(13)15(23)9-6-11(17)12(18)7-10(9)16;/h3-4,6-7,13,19H,2,5,8H2,1H3;1H. The Kier molecular flexibility index (Phi) is 5.79. The van der Waals surface area contributed by atoms with Gasteiger partial charge >= 0.3 is 0 Å². The first-order valence-electron chi connectivity index (χ1n) is 7.12. The molecule has 1 aliphatic rings. The maximum atomic E-state index is 13.5. The van der Waals surface area contributed by atoms with Gasteiger partial charge in [0.2, 0.25) is 0 Å². The van der Waals surface area contributed by atoms with Crippen LogP contribution in [0.25, 0.3) is 0 Å². The molecule has 2 aromatic rings. The zero-order valence-electron chi connectivity index (χ0n) is 12.8. The second-order valence-electron chi connectivity index (χ2n) is 5.36. The number of hydrogen-bond acceptors (Lipinski definition) is 3. The minimum absolute atomic E-state index is 0. The fourth-order valence-electron chi connectivity index (χ4n) is 2.72. The highest BCUT2D eigenvalue weighted by atomic mass is 35.5. The quantitative estimate of drug-likeness (QED) is 0.819. The van der Waals surface area contributed by atoms with E-state index in [1.165, 1.54) is 0 Å². The number of nitrogens with one attached hydrogen (secondary N) is 1. The maximum absolute atomic E-state index is 13.5. The highest BCUT2D eigenvalue weighted by molar-refractivity contribution is 6.33. The third kappa shape index (κ3) is 3.38. The summed E-state index contributed by atoms with van der Waals surface area (Å²) in [5.74, 6) is -1.90. The predicted octanol–water partition coefficient (Wildman–Crippen LogP) is 2.56. The normalized spacial score (nSPS) is 17.5. The molecule has 5 nitrogen and oxygen atoms in total. The fraction of sp³-hybridized carbons (Fsp3) is 0.333. The molecule has 1 aromatic heterocycles. The molecule has 1 saturated heterocycles. The van der Waals surface area contributed by atoms with Gasteiger partial charge in [-0.1, -0.05) is 11.6 Å². The number of rotatable bonds is 2. The molecule has 1 atom stereocenters. The number of piperazine rings is 1. The molecule has 1 fully saturated rings. The largest absolute Gasteiger partial charge is 0.336 e. The van der Waals surface area contributed by atoms with Crippen LogP contribution >= 0.6 is 24.0 Å². The Bertz CT molecular complexity index is 753. The van der Waals surface area contributed by atoms with Crippen LogP contribution in [-0.4, -0.2) is 40.0 Å². The van der Waals surface area contributed by atoms with E-state index >= 15 is 0 Å². The number of imidazole rings is 1. The molecule has 1 aliphatic heterocycles. The first-order valence-corrected chi connectivity index (χ1v) is 7.50. The van der Waals surface area contributed by atoms with Gasteiger partial charge in [-0.25, -0.2) is 13.8 Å². The average Bonchev–Trinajstić information content (AvgIpc) is 2.96. The van der Waals surface area contributed by atoms with E-state index < -0.39 is 17.5 Å². The van der Waals surface area contributed by atoms with Gasteiger partial charge in [-0.15, -0.1) is 12.4 Å². The van der Waals surface area contributed by atoms with E-state index in [1.54, 1.807) is 17.3 Å². The summed E-state index contributed by atoms with van der Waals surface area (Å²) < 4.78 is 28.5. The number of nitrogens with zero attached hydrogens (tertiary/aromatic N) is 3. The van der Waals surface area contributed by atoms with Crippen molar-refractivity contribution in [1.82, 2.24) is 19.8 Å². The van der Waals surface area contributed by atoms with Crippen molar-refractivity contribution >= 4 is 29.9 Å². The van der Waals surface area contributed by atoms with Crippen LogP contribution in [0.15, 0.2) is 24.5 Å². The third-order valence-corrected chi connectivity index (χ3v) is 4.21. The first kappa shape index (κ1) is 18.6. The number of benzene rings is 1. The molecule has 2 heterocycles. The van der Waals surface area contributed by atoms with E-state index in [9.17, 15) is 13.6 Å². The molecular formula is C15H16Cl2F2N4O. The van der Waals surface area contributed by atoms with Crippen molar-refractivity contribution in [1.29, 1.82) is 0 Å². The Labute approximate surface area is 149 Å². The molecular weight excluding hydrogens is 361 g/mol. The molecule has 0 spiro atoms. The lowest BCUT2D eigenvalue weighted by Gasteiger charge is -2.36. The molecule has 24 heavy (non-hydrogen) atoms. The predicted molar refractivity (Wildman–Crippen MR) is 88.5 cm³/mol. The third-order valence-electron chi connectivity index (χ3n) is 3.90. The van der Waals surface area contributed by atoms with E-state index in [1.807, 2.05) is 11.6 Å². The van der Waals surface area contributed by atoms with Crippen molar-refractivity contribution < 1.29 is 13.6 Å². The summed E-state index contributed by atoms with van der Waals surface area (Å²) in [6.07, 6.45) is 3.44. The number of amides is 1. The highest BCUT2D eigenvalue weighted by Gasteiger charge is 2.32. The van der Waals surface area contributed by atoms with Crippen molar-refractivity contribution in [3.05, 3.63) is 52.6 Å². The maximum Gasteiger partial charge on any atom is 0.256 e. The van der Waals surface area contributed by atoms with Crippen LogP contribution in [0.5, 0.6) is 0 Å². The van der Waals surface area contributed by atoms with Gasteiger partial charge in [0.05, 0.1) is 10.6 Å². The Hall–Kier alpha value is -1.70. The summed E-state index contributed by atoms with van der Waals surface area (Å²) in [7, 11) is 1.84. The Morgan fingerprint density at radius 3 is 2.75 bits per heavy atom. The van der Waals surface area contributed by atoms with E-state index in [-0.39, 0.29) is 29.0 Å². The van der Waals surface area contributed by atoms with E-state index in [0.29, 0.717) is 25.5 Å². The van der Waals surface area contributed by atoms with Crippen molar-refractivity contribution in [3.63, 3.8) is 0 Å². The fourth-order valence-corrected chi connectivity index (χ4v) is 2.95. The summed E-state index contributed by atoms with van der Waals surface area (Å²) in [5, 5.41) is 3.10. The molecule has 3 rings (SSSR count). The highest BCUT2D eigenvalue weighted by Crippen LogP contribution is 2.27. The molecule has 1 amide bonds. The summed E-state index contributed by atoms with van der Waals surface area (Å²) in [6, 6.07) is 1.36. The van der Waals surface area contributed by atoms with Crippen LogP contribution in [-0.2, 0) is 7.05 Å². The number of hydrogen-bond donors (Lipinski definition) is 1. The number of halogens is 4. The van der Waals surface area contributed by atoms with Crippen molar-refractivity contribution in [2.24, 2.45) is 7.05 Å². The molecule has 9 heteroatoms. The monoisotopic (exact) mass is 376 g/mol. The van der Waals surface area contributed by atoms with Gasteiger partial charge in [-0.05, 0) is 12.1 Å². The van der Waals surface area contributed by atoms with Gasteiger partial charge in [0.1, 0.15) is 11.9 Å². The van der Waals surface area contributed by atoms with E-state index in [4.69, 9.17) is 11.6 Å². The lowest BCUT2D eigenvalue weighted by Crippen LogP contribution is -2.49. The molecule has 0 aliphatic carbocycles. The van der Waals surface area contributed by atoms with E-state index in [0.717, 1.165) is 12.1 Å². The van der Waals surface area contributed by atoms with Crippen LogP contribution in [0.1, 0.15) is 22.2 Å². The molecule has 1 N–H and O–H groups in total. The zero-order chi connectivity index (χ0) is 16.6. The molecule has 1 aromatic carbocycles. The van der Waals surface area contributed by atoms with Crippen LogP contribution in [0.3, 0.4) is 0 Å². The average molecular weight is 377 g/mol. The van der Waals surface area contributed by atoms with Crippen molar-refractivity contribution in [2.75, 3.05) is 19.6 Å². The van der Waals surface area contributed by atoms with Crippen LogP contribution in [0.4, 0.5) is 8.78 Å². The lowest BCUT2D eigenvalue weighted by molar-refractivity contribution is 0.0620. The second-order valence-corrected chi connectivity index (χ2v) is 5.77. The Balaban J connectivity index is 0.00000208. The summed E-state index contributed by atoms with van der Waals surface area (Å²) >= 11 is 5.93. The summed E-state index contributed by atoms with van der Waals surface area (Å²) in [5.41, 5.74) is -0.0494. The lowest BCUT2D eigenvalue weighted by atomic mass is 10.1. The molecule has 1 unspecified atom stereocenters. The molecule has 130 valence electrons. The van der Waals surface area contributed by atoms with Gasteiger partial charge in [-0.3, -0.25) is 4.79 Å². The topological polar surface area (TPSA) is 50.2 Å². The van der Waals surface area contributed by atoms with Gasteiger partial charge in [0.25, 0.3) is 5.91 Å².